The second kappa shape index (κ2) is 17.1. The highest BCUT2D eigenvalue weighted by atomic mass is 16.5. The number of carbonyl (C=O) groups excluding carboxylic acids is 2. The van der Waals surface area contributed by atoms with E-state index in [1.165, 1.54) is 45.8 Å². The molecular weight excluding hydrogens is 785 g/mol. The summed E-state index contributed by atoms with van der Waals surface area (Å²) in [6.07, 6.45) is 0.604. The Morgan fingerprint density at radius 2 is 0.967 bits per heavy atom. The maximum Gasteiger partial charge on any atom is 0.335 e. The topological polar surface area (TPSA) is 264 Å². The molecule has 0 atom stereocenters. The van der Waals surface area contributed by atoms with Crippen LogP contribution in [0.5, 0.6) is 11.5 Å². The fraction of sp³-hybridized carbons (Fsp3) is 0.209. The molecule has 0 saturated carbocycles. The molecule has 2 heterocycles. The molecule has 61 heavy (non-hydrogen) atoms. The van der Waals surface area contributed by atoms with Gasteiger partial charge in [0, 0.05) is 23.0 Å². The number of aromatic carboxylic acids is 2. The van der Waals surface area contributed by atoms with Crippen molar-refractivity contribution in [3.63, 3.8) is 0 Å². The SMILES string of the molecule is CC(C)(C)c1nn(-c2cc(OC=O)cc(C(=O)O)c2)c(N)c1N=Nc1ccc(Cc2ccc(N=Nc3c(C(C)(C)C)nn(-c4cc(OC=O)cc(C(=O)O)c4)c3N)cc2)cc1. The molecule has 6 N–H and O–H groups in total. The number of carboxylic acids is 2. The highest BCUT2D eigenvalue weighted by Crippen LogP contribution is 2.40. The number of hydrogen-bond donors (Lipinski definition) is 4. The summed E-state index contributed by atoms with van der Waals surface area (Å²) in [6, 6.07) is 23.1. The Hall–Kier alpha value is -8.02. The number of rotatable bonds is 14. The summed E-state index contributed by atoms with van der Waals surface area (Å²) in [5.41, 5.74) is 17.1. The highest BCUT2D eigenvalue weighted by Gasteiger charge is 2.29. The normalized spacial score (nSPS) is 11.9. The molecule has 0 unspecified atom stereocenters. The molecule has 18 heteroatoms. The third kappa shape index (κ3) is 9.65. The smallest absolute Gasteiger partial charge is 0.335 e. The summed E-state index contributed by atoms with van der Waals surface area (Å²) < 4.78 is 12.5. The van der Waals surface area contributed by atoms with Gasteiger partial charge in [0.05, 0.1) is 45.3 Å². The minimum atomic E-state index is -1.22. The van der Waals surface area contributed by atoms with Crippen LogP contribution in [-0.4, -0.2) is 54.7 Å². The Morgan fingerprint density at radius 1 is 0.607 bits per heavy atom. The summed E-state index contributed by atoms with van der Waals surface area (Å²) >= 11 is 0. The van der Waals surface area contributed by atoms with E-state index in [0.717, 1.165) is 11.1 Å². The Kier molecular flexibility index (Phi) is 11.9. The number of azo groups is 2. The van der Waals surface area contributed by atoms with Gasteiger partial charge in [-0.05, 0) is 66.1 Å². The molecule has 0 aliphatic heterocycles. The summed E-state index contributed by atoms with van der Waals surface area (Å²) in [4.78, 5) is 45.6. The van der Waals surface area contributed by atoms with E-state index in [0.29, 0.717) is 40.6 Å². The van der Waals surface area contributed by atoms with Gasteiger partial charge in [-0.15, -0.1) is 10.2 Å². The predicted molar refractivity (Wildman–Crippen MR) is 225 cm³/mol. The number of anilines is 2. The number of nitrogens with two attached hydrogens (primary N) is 2. The molecule has 18 nitrogen and oxygen atoms in total. The molecule has 0 bridgehead atoms. The second-order valence-corrected chi connectivity index (χ2v) is 15.9. The van der Waals surface area contributed by atoms with E-state index in [4.69, 9.17) is 20.9 Å². The predicted octanol–water partition coefficient (Wildman–Crippen LogP) is 8.71. The highest BCUT2D eigenvalue weighted by molar-refractivity contribution is 5.90. The Labute approximate surface area is 349 Å². The van der Waals surface area contributed by atoms with Gasteiger partial charge in [0.2, 0.25) is 0 Å². The van der Waals surface area contributed by atoms with Gasteiger partial charge in [0.25, 0.3) is 12.9 Å². The molecule has 0 spiro atoms. The van der Waals surface area contributed by atoms with Gasteiger partial charge in [-0.3, -0.25) is 9.59 Å². The van der Waals surface area contributed by atoms with Crippen LogP contribution in [0.4, 0.5) is 34.4 Å². The van der Waals surface area contributed by atoms with Gasteiger partial charge in [-0.1, -0.05) is 65.8 Å². The number of hydrogen-bond acceptors (Lipinski definition) is 14. The molecule has 0 aliphatic carbocycles. The molecular formula is C43H42N10O8. The van der Waals surface area contributed by atoms with Crippen LogP contribution in [0.2, 0.25) is 0 Å². The van der Waals surface area contributed by atoms with E-state index < -0.39 is 22.8 Å². The van der Waals surface area contributed by atoms with Crippen LogP contribution < -0.4 is 20.9 Å². The Balaban J connectivity index is 1.19. The molecule has 0 aliphatic rings. The fourth-order valence-electron chi connectivity index (χ4n) is 6.16. The van der Waals surface area contributed by atoms with Gasteiger partial charge < -0.3 is 31.2 Å². The standard InChI is InChI=1S/C43H42N10O8/c1-42(2,3)36-34(38(44)52(50-36)30-16-26(40(56)57)18-32(20-30)60-22-54)48-46-28-11-7-24(8-12-28)15-25-9-13-29(14-10-25)47-49-35-37(43(4,5)6)51-53(39(35)45)31-17-27(41(58)59)19-33(21-31)61-23-55/h7-14,16-23H,15,44-45H2,1-6H3,(H,56,57)(H,58,59). The lowest BCUT2D eigenvalue weighted by Gasteiger charge is -2.15. The third-order valence-corrected chi connectivity index (χ3v) is 9.16. The Bertz CT molecular complexity index is 2520. The van der Waals surface area contributed by atoms with Crippen molar-refractivity contribution in [2.24, 2.45) is 20.5 Å². The van der Waals surface area contributed by atoms with Gasteiger partial charge in [-0.25, -0.2) is 19.0 Å². The lowest BCUT2D eigenvalue weighted by atomic mass is 9.91. The van der Waals surface area contributed by atoms with E-state index in [-0.39, 0.29) is 58.6 Å². The summed E-state index contributed by atoms with van der Waals surface area (Å²) in [6.45, 7) is 12.0. The van der Waals surface area contributed by atoms with E-state index >= 15 is 0 Å². The first kappa shape index (κ1) is 42.6. The number of nitrogens with zero attached hydrogens (tertiary/aromatic N) is 8. The summed E-state index contributed by atoms with van der Waals surface area (Å²) in [5, 5.41) is 46.3. The van der Waals surface area contributed by atoms with Crippen LogP contribution in [-0.2, 0) is 26.8 Å². The van der Waals surface area contributed by atoms with Crippen molar-refractivity contribution in [2.75, 3.05) is 11.5 Å². The number of carboxylic acid groups (broad SMARTS) is 2. The quantitative estimate of drug-likeness (QED) is 0.0593. The molecule has 4 aromatic carbocycles. The van der Waals surface area contributed by atoms with E-state index in [9.17, 15) is 29.4 Å². The number of benzene rings is 4. The molecule has 312 valence electrons. The van der Waals surface area contributed by atoms with Crippen LogP contribution >= 0.6 is 0 Å². The second-order valence-electron chi connectivity index (χ2n) is 15.9. The number of carbonyl (C=O) groups is 4. The molecule has 0 fully saturated rings. The van der Waals surface area contributed by atoms with E-state index in [1.807, 2.05) is 90.1 Å². The summed E-state index contributed by atoms with van der Waals surface area (Å²) in [7, 11) is 0. The zero-order valence-corrected chi connectivity index (χ0v) is 34.0. The largest absolute Gasteiger partial charge is 0.478 e. The number of nitrogen functional groups attached to an aromatic ring is 2. The average Bonchev–Trinajstić information content (AvgIpc) is 3.73. The molecule has 0 amide bonds. The van der Waals surface area contributed by atoms with Crippen molar-refractivity contribution in [1.82, 2.24) is 19.6 Å². The van der Waals surface area contributed by atoms with E-state index in [2.05, 4.69) is 30.7 Å². The molecule has 6 rings (SSSR count). The van der Waals surface area contributed by atoms with Crippen LogP contribution in [0.15, 0.2) is 105 Å². The zero-order chi connectivity index (χ0) is 44.2. The molecule has 6 aromatic rings. The minimum Gasteiger partial charge on any atom is -0.478 e. The zero-order valence-electron chi connectivity index (χ0n) is 34.0. The van der Waals surface area contributed by atoms with Gasteiger partial charge in [-0.2, -0.15) is 20.4 Å². The van der Waals surface area contributed by atoms with E-state index in [1.54, 1.807) is 0 Å². The Morgan fingerprint density at radius 3 is 1.28 bits per heavy atom. The first-order valence-electron chi connectivity index (χ1n) is 18.6. The van der Waals surface area contributed by atoms with Gasteiger partial charge in [0.1, 0.15) is 11.5 Å². The molecule has 2 aromatic heterocycles. The fourth-order valence-corrected chi connectivity index (χ4v) is 6.16. The number of aromatic nitrogens is 4. The number of ether oxygens (including phenoxy) is 2. The monoisotopic (exact) mass is 826 g/mol. The average molecular weight is 827 g/mol. The third-order valence-electron chi connectivity index (χ3n) is 9.16. The van der Waals surface area contributed by atoms with Crippen molar-refractivity contribution < 1.29 is 38.9 Å². The van der Waals surface area contributed by atoms with Gasteiger partial charge in [0.15, 0.2) is 23.0 Å². The minimum absolute atomic E-state index is 0.0109. The van der Waals surface area contributed by atoms with Crippen LogP contribution in [0.25, 0.3) is 11.4 Å². The lowest BCUT2D eigenvalue weighted by Crippen LogP contribution is -2.13. The van der Waals surface area contributed by atoms with Crippen LogP contribution in [0, 0.1) is 0 Å². The first-order valence-corrected chi connectivity index (χ1v) is 18.6. The van der Waals surface area contributed by atoms with Crippen molar-refractivity contribution in [2.45, 2.75) is 58.8 Å². The lowest BCUT2D eigenvalue weighted by molar-refractivity contribution is -0.121. The summed E-state index contributed by atoms with van der Waals surface area (Å²) in [5.74, 6) is -2.19. The van der Waals surface area contributed by atoms with Crippen molar-refractivity contribution in [1.29, 1.82) is 0 Å². The molecule has 0 radical (unpaired) electrons. The van der Waals surface area contributed by atoms with Crippen molar-refractivity contribution in [3.05, 3.63) is 119 Å². The van der Waals surface area contributed by atoms with Gasteiger partial charge >= 0.3 is 11.9 Å². The first-order chi connectivity index (χ1) is 28.9. The van der Waals surface area contributed by atoms with Crippen LogP contribution in [0.1, 0.15) is 84.8 Å². The van der Waals surface area contributed by atoms with Crippen LogP contribution in [0.3, 0.4) is 0 Å². The maximum absolute atomic E-state index is 11.8. The van der Waals surface area contributed by atoms with Crippen molar-refractivity contribution in [3.8, 4) is 22.9 Å². The molecule has 0 saturated heterocycles. The maximum atomic E-state index is 11.8. The van der Waals surface area contributed by atoms with Crippen molar-refractivity contribution >= 4 is 59.3 Å².